The molecule has 0 aromatic carbocycles. The fourth-order valence-corrected chi connectivity index (χ4v) is 3.27. The van der Waals surface area contributed by atoms with Gasteiger partial charge in [0, 0.05) is 18.5 Å². The summed E-state index contributed by atoms with van der Waals surface area (Å²) in [5, 5.41) is 7.73. The smallest absolute Gasteiger partial charge is 0.225 e. The van der Waals surface area contributed by atoms with Crippen molar-refractivity contribution < 1.29 is 0 Å². The highest BCUT2D eigenvalue weighted by molar-refractivity contribution is 7.18. The molecule has 1 aliphatic rings. The molecule has 5 heteroatoms. The van der Waals surface area contributed by atoms with Gasteiger partial charge in [-0.15, -0.1) is 11.3 Å². The summed E-state index contributed by atoms with van der Waals surface area (Å²) in [4.78, 5) is 11.4. The molecule has 0 spiro atoms. The number of hydrogen-bond donors (Lipinski definition) is 2. The molecule has 2 heterocycles. The molecule has 4 nitrogen and oxygen atoms in total. The van der Waals surface area contributed by atoms with Gasteiger partial charge in [0.2, 0.25) is 5.95 Å². The van der Waals surface area contributed by atoms with Crippen LogP contribution in [0.15, 0.2) is 6.07 Å². The molecule has 3 rings (SSSR count). The molecule has 0 saturated heterocycles. The number of aryl methyl sites for hydroxylation is 1. The molecule has 2 aromatic rings. The molecular weight excluding hydrogens is 256 g/mol. The molecular formula is C14H20N4S. The molecule has 0 amide bonds. The Morgan fingerprint density at radius 3 is 2.79 bits per heavy atom. The molecule has 0 radical (unpaired) electrons. The van der Waals surface area contributed by atoms with E-state index in [0.29, 0.717) is 11.4 Å². The Morgan fingerprint density at radius 2 is 2.16 bits per heavy atom. The van der Waals surface area contributed by atoms with Crippen molar-refractivity contribution in [2.45, 2.75) is 33.1 Å². The van der Waals surface area contributed by atoms with Crippen LogP contribution in [0.5, 0.6) is 0 Å². The molecule has 0 unspecified atom stereocenters. The Morgan fingerprint density at radius 1 is 1.37 bits per heavy atom. The zero-order valence-electron chi connectivity index (χ0n) is 11.7. The third-order valence-corrected chi connectivity index (χ3v) is 5.02. The molecule has 0 aliphatic heterocycles. The average Bonchev–Trinajstić information content (AvgIpc) is 3.10. The molecule has 2 N–H and O–H groups in total. The van der Waals surface area contributed by atoms with Crippen LogP contribution in [-0.2, 0) is 0 Å². The van der Waals surface area contributed by atoms with Crippen molar-refractivity contribution in [3.63, 3.8) is 0 Å². The van der Waals surface area contributed by atoms with E-state index in [1.165, 1.54) is 24.1 Å². The quantitative estimate of drug-likeness (QED) is 0.875. The van der Waals surface area contributed by atoms with E-state index in [-0.39, 0.29) is 0 Å². The normalized spacial score (nSPS) is 16.6. The van der Waals surface area contributed by atoms with E-state index in [0.717, 1.165) is 22.6 Å². The first kappa shape index (κ1) is 12.7. The second-order valence-electron chi connectivity index (χ2n) is 5.43. The molecule has 1 aliphatic carbocycles. The van der Waals surface area contributed by atoms with Crippen molar-refractivity contribution in [3.8, 4) is 0 Å². The zero-order valence-corrected chi connectivity index (χ0v) is 12.5. The SMILES string of the molecule is CCC1(CNc2nc(NC)nc3sc(C)cc23)CC1. The Balaban J connectivity index is 1.92. The third kappa shape index (κ3) is 2.39. The van der Waals surface area contributed by atoms with Crippen molar-refractivity contribution in [2.24, 2.45) is 5.41 Å². The van der Waals surface area contributed by atoms with E-state index >= 15 is 0 Å². The highest BCUT2D eigenvalue weighted by Gasteiger charge is 2.40. The first-order chi connectivity index (χ1) is 9.15. The minimum Gasteiger partial charge on any atom is -0.369 e. The van der Waals surface area contributed by atoms with Gasteiger partial charge in [-0.1, -0.05) is 6.92 Å². The van der Waals surface area contributed by atoms with Crippen LogP contribution in [0.4, 0.5) is 11.8 Å². The van der Waals surface area contributed by atoms with Gasteiger partial charge < -0.3 is 10.6 Å². The van der Waals surface area contributed by atoms with Gasteiger partial charge in [0.25, 0.3) is 0 Å². The Bertz CT molecular complexity index is 601. The largest absolute Gasteiger partial charge is 0.369 e. The maximum Gasteiger partial charge on any atom is 0.225 e. The maximum absolute atomic E-state index is 4.57. The average molecular weight is 276 g/mol. The molecule has 1 fully saturated rings. The number of fused-ring (bicyclic) bond motifs is 1. The predicted molar refractivity (Wildman–Crippen MR) is 82.1 cm³/mol. The van der Waals surface area contributed by atoms with Gasteiger partial charge in [-0.25, -0.2) is 4.98 Å². The number of anilines is 2. The Labute approximate surface area is 117 Å². The van der Waals surface area contributed by atoms with Crippen LogP contribution in [-0.4, -0.2) is 23.6 Å². The van der Waals surface area contributed by atoms with Crippen molar-refractivity contribution in [1.29, 1.82) is 0 Å². The summed E-state index contributed by atoms with van der Waals surface area (Å²) in [5.41, 5.74) is 0.516. The number of thiophene rings is 1. The zero-order chi connectivity index (χ0) is 13.5. The standard InChI is InChI=1S/C14H20N4S/c1-4-14(5-6-14)8-16-11-10-7-9(2)19-12(10)18-13(15-3)17-11/h7H,4-6,8H2,1-3H3,(H2,15,16,17,18). The minimum absolute atomic E-state index is 0.516. The van der Waals surface area contributed by atoms with Crippen molar-refractivity contribution in [3.05, 3.63) is 10.9 Å². The number of nitrogens with zero attached hydrogens (tertiary/aromatic N) is 2. The van der Waals surface area contributed by atoms with E-state index in [1.54, 1.807) is 11.3 Å². The van der Waals surface area contributed by atoms with Gasteiger partial charge in [0.1, 0.15) is 10.6 Å². The lowest BCUT2D eigenvalue weighted by atomic mass is 10.0. The number of rotatable bonds is 5. The summed E-state index contributed by atoms with van der Waals surface area (Å²) < 4.78 is 0. The first-order valence-electron chi connectivity index (χ1n) is 6.85. The van der Waals surface area contributed by atoms with Crippen LogP contribution in [0.2, 0.25) is 0 Å². The van der Waals surface area contributed by atoms with E-state index in [9.17, 15) is 0 Å². The maximum atomic E-state index is 4.57. The summed E-state index contributed by atoms with van der Waals surface area (Å²) in [7, 11) is 1.86. The molecule has 102 valence electrons. The van der Waals surface area contributed by atoms with Crippen molar-refractivity contribution in [1.82, 2.24) is 9.97 Å². The lowest BCUT2D eigenvalue weighted by molar-refractivity contribution is 0.521. The summed E-state index contributed by atoms with van der Waals surface area (Å²) in [6.45, 7) is 5.41. The van der Waals surface area contributed by atoms with Gasteiger partial charge in [-0.3, -0.25) is 0 Å². The van der Waals surface area contributed by atoms with Crippen LogP contribution < -0.4 is 10.6 Å². The third-order valence-electron chi connectivity index (χ3n) is 4.08. The van der Waals surface area contributed by atoms with Crippen LogP contribution in [0.1, 0.15) is 31.1 Å². The predicted octanol–water partition coefficient (Wildman–Crippen LogP) is 3.64. The van der Waals surface area contributed by atoms with E-state index in [2.05, 4.69) is 40.5 Å². The Hall–Kier alpha value is -1.36. The van der Waals surface area contributed by atoms with Crippen molar-refractivity contribution in [2.75, 3.05) is 24.2 Å². The first-order valence-corrected chi connectivity index (χ1v) is 7.67. The second-order valence-corrected chi connectivity index (χ2v) is 6.66. The minimum atomic E-state index is 0.516. The number of aromatic nitrogens is 2. The fourth-order valence-electron chi connectivity index (χ4n) is 2.39. The van der Waals surface area contributed by atoms with Gasteiger partial charge >= 0.3 is 0 Å². The molecule has 1 saturated carbocycles. The summed E-state index contributed by atoms with van der Waals surface area (Å²) in [6, 6.07) is 2.17. The van der Waals surface area contributed by atoms with Crippen LogP contribution in [0.25, 0.3) is 10.2 Å². The Kier molecular flexibility index (Phi) is 3.09. The molecule has 0 bridgehead atoms. The monoisotopic (exact) mass is 276 g/mol. The second kappa shape index (κ2) is 4.63. The van der Waals surface area contributed by atoms with Gasteiger partial charge in [-0.05, 0) is 37.7 Å². The summed E-state index contributed by atoms with van der Waals surface area (Å²) in [6.07, 6.45) is 3.92. The summed E-state index contributed by atoms with van der Waals surface area (Å²) >= 11 is 1.72. The lowest BCUT2D eigenvalue weighted by Crippen LogP contribution is -2.15. The lowest BCUT2D eigenvalue weighted by Gasteiger charge is -2.14. The van der Waals surface area contributed by atoms with Gasteiger partial charge in [-0.2, -0.15) is 4.98 Å². The van der Waals surface area contributed by atoms with Gasteiger partial charge in [0.15, 0.2) is 0 Å². The topological polar surface area (TPSA) is 49.8 Å². The molecule has 19 heavy (non-hydrogen) atoms. The van der Waals surface area contributed by atoms with E-state index in [4.69, 9.17) is 0 Å². The molecule has 2 aromatic heterocycles. The molecule has 0 atom stereocenters. The highest BCUT2D eigenvalue weighted by atomic mass is 32.1. The van der Waals surface area contributed by atoms with Crippen LogP contribution in [0.3, 0.4) is 0 Å². The van der Waals surface area contributed by atoms with Crippen molar-refractivity contribution >= 4 is 33.3 Å². The van der Waals surface area contributed by atoms with Crippen LogP contribution >= 0.6 is 11.3 Å². The highest BCUT2D eigenvalue weighted by Crippen LogP contribution is 2.48. The van der Waals surface area contributed by atoms with E-state index < -0.39 is 0 Å². The fraction of sp³-hybridized carbons (Fsp3) is 0.571. The number of nitrogens with one attached hydrogen (secondary N) is 2. The summed E-state index contributed by atoms with van der Waals surface area (Å²) in [5.74, 6) is 1.66. The van der Waals surface area contributed by atoms with Crippen LogP contribution in [0, 0.1) is 12.3 Å². The van der Waals surface area contributed by atoms with E-state index in [1.807, 2.05) is 7.05 Å². The number of hydrogen-bond acceptors (Lipinski definition) is 5. The van der Waals surface area contributed by atoms with Gasteiger partial charge in [0.05, 0.1) is 5.39 Å².